The van der Waals surface area contributed by atoms with Gasteiger partial charge in [-0.25, -0.2) is 0 Å². The molecule has 2 aromatic rings. The fourth-order valence-corrected chi connectivity index (χ4v) is 2.64. The second-order valence-corrected chi connectivity index (χ2v) is 5.35. The van der Waals surface area contributed by atoms with Crippen LogP contribution in [0.2, 0.25) is 0 Å². The van der Waals surface area contributed by atoms with Crippen molar-refractivity contribution in [3.63, 3.8) is 0 Å². The van der Waals surface area contributed by atoms with Crippen molar-refractivity contribution < 1.29 is 14.7 Å². The number of carboxylic acid groups (broad SMARTS) is 1. The predicted molar refractivity (Wildman–Crippen MR) is 78.2 cm³/mol. The van der Waals surface area contributed by atoms with E-state index in [9.17, 15) is 9.59 Å². The van der Waals surface area contributed by atoms with Crippen molar-refractivity contribution in [3.05, 3.63) is 47.8 Å². The second kappa shape index (κ2) is 5.09. The van der Waals surface area contributed by atoms with E-state index in [2.05, 4.69) is 5.32 Å². The zero-order valence-electron chi connectivity index (χ0n) is 11.7. The van der Waals surface area contributed by atoms with Crippen LogP contribution in [0.4, 0.5) is 0 Å². The number of benzene rings is 1. The van der Waals surface area contributed by atoms with E-state index in [0.29, 0.717) is 12.2 Å². The van der Waals surface area contributed by atoms with Gasteiger partial charge in [0, 0.05) is 18.3 Å². The highest BCUT2D eigenvalue weighted by Gasteiger charge is 2.27. The van der Waals surface area contributed by atoms with Crippen LogP contribution >= 0.6 is 0 Å². The number of carboxylic acids is 1. The average Bonchev–Trinajstić information content (AvgIpc) is 2.88. The number of rotatable bonds is 3. The van der Waals surface area contributed by atoms with Gasteiger partial charge in [-0.05, 0) is 18.6 Å². The van der Waals surface area contributed by atoms with Gasteiger partial charge >= 0.3 is 5.97 Å². The van der Waals surface area contributed by atoms with Gasteiger partial charge in [-0.2, -0.15) is 0 Å². The molecule has 5 nitrogen and oxygen atoms in total. The summed E-state index contributed by atoms with van der Waals surface area (Å²) in [7, 11) is 0. The van der Waals surface area contributed by atoms with Crippen LogP contribution in [0.5, 0.6) is 0 Å². The Morgan fingerprint density at radius 2 is 2.05 bits per heavy atom. The number of carbonyl (C=O) groups is 2. The summed E-state index contributed by atoms with van der Waals surface area (Å²) in [4.78, 5) is 22.9. The molecule has 5 heteroatoms. The van der Waals surface area contributed by atoms with Gasteiger partial charge < -0.3 is 15.0 Å². The molecular formula is C16H16N2O3. The van der Waals surface area contributed by atoms with Gasteiger partial charge in [0.15, 0.2) is 0 Å². The maximum absolute atomic E-state index is 11.9. The summed E-state index contributed by atoms with van der Waals surface area (Å²) in [5, 5.41) is 11.7. The molecule has 1 aliphatic rings. The minimum Gasteiger partial charge on any atom is -0.481 e. The van der Waals surface area contributed by atoms with Crippen molar-refractivity contribution in [3.8, 4) is 11.1 Å². The summed E-state index contributed by atoms with van der Waals surface area (Å²) in [6, 6.07) is 9.60. The molecule has 1 unspecified atom stereocenters. The Hall–Kier alpha value is -2.56. The van der Waals surface area contributed by atoms with E-state index in [4.69, 9.17) is 5.11 Å². The molecule has 108 valence electrons. The maximum Gasteiger partial charge on any atom is 0.305 e. The Labute approximate surface area is 122 Å². The molecule has 1 aliphatic heterocycles. The number of fused-ring (bicyclic) bond motifs is 1. The summed E-state index contributed by atoms with van der Waals surface area (Å²) in [5.74, 6) is -1.03. The number of nitrogens with one attached hydrogen (secondary N) is 1. The van der Waals surface area contributed by atoms with Crippen LogP contribution in [0.15, 0.2) is 36.5 Å². The number of nitrogens with zero attached hydrogens (tertiary/aromatic N) is 1. The lowest BCUT2D eigenvalue weighted by Gasteiger charge is -2.25. The number of aromatic nitrogens is 1. The van der Waals surface area contributed by atoms with Gasteiger partial charge in [0.25, 0.3) is 5.91 Å². The molecule has 1 amide bonds. The van der Waals surface area contributed by atoms with E-state index in [-0.39, 0.29) is 18.4 Å². The third-order valence-electron chi connectivity index (χ3n) is 3.77. The number of carbonyl (C=O) groups excluding carboxylic acids is 1. The molecule has 0 bridgehead atoms. The van der Waals surface area contributed by atoms with Crippen molar-refractivity contribution in [2.24, 2.45) is 0 Å². The van der Waals surface area contributed by atoms with Crippen LogP contribution in [0.3, 0.4) is 0 Å². The highest BCUT2D eigenvalue weighted by molar-refractivity contribution is 5.95. The summed E-state index contributed by atoms with van der Waals surface area (Å²) >= 11 is 0. The van der Waals surface area contributed by atoms with Gasteiger partial charge in [-0.15, -0.1) is 0 Å². The molecule has 0 saturated carbocycles. The largest absolute Gasteiger partial charge is 0.481 e. The van der Waals surface area contributed by atoms with Crippen LogP contribution in [0, 0.1) is 6.92 Å². The molecule has 0 fully saturated rings. The SMILES string of the molecule is Cc1ccc(-c2cc3n(c2)C(CC(=O)O)CNC3=O)cc1. The number of amides is 1. The van der Waals surface area contributed by atoms with E-state index in [1.807, 2.05) is 43.5 Å². The molecule has 0 aliphatic carbocycles. The number of hydrogen-bond donors (Lipinski definition) is 2. The number of aliphatic carboxylic acids is 1. The third kappa shape index (κ3) is 2.54. The van der Waals surface area contributed by atoms with E-state index in [1.54, 1.807) is 4.57 Å². The fraction of sp³-hybridized carbons (Fsp3) is 0.250. The minimum absolute atomic E-state index is 0.00466. The monoisotopic (exact) mass is 284 g/mol. The van der Waals surface area contributed by atoms with Crippen molar-refractivity contribution in [1.82, 2.24) is 9.88 Å². The molecule has 1 aromatic carbocycles. The summed E-state index contributed by atoms with van der Waals surface area (Å²) in [6.45, 7) is 2.37. The molecule has 1 aromatic heterocycles. The van der Waals surface area contributed by atoms with Gasteiger partial charge in [-0.1, -0.05) is 29.8 Å². The lowest BCUT2D eigenvalue weighted by molar-refractivity contribution is -0.137. The van der Waals surface area contributed by atoms with Crippen LogP contribution in [-0.4, -0.2) is 28.1 Å². The molecule has 0 saturated heterocycles. The first-order chi connectivity index (χ1) is 10.0. The average molecular weight is 284 g/mol. The molecule has 0 radical (unpaired) electrons. The quantitative estimate of drug-likeness (QED) is 0.908. The first-order valence-electron chi connectivity index (χ1n) is 6.83. The molecule has 2 N–H and O–H groups in total. The van der Waals surface area contributed by atoms with Crippen LogP contribution in [0.25, 0.3) is 11.1 Å². The van der Waals surface area contributed by atoms with Crippen LogP contribution in [0.1, 0.15) is 28.5 Å². The van der Waals surface area contributed by atoms with Crippen molar-refractivity contribution in [2.75, 3.05) is 6.54 Å². The lowest BCUT2D eigenvalue weighted by atomic mass is 10.1. The predicted octanol–water partition coefficient (Wildman–Crippen LogP) is 2.22. The number of hydrogen-bond acceptors (Lipinski definition) is 2. The van der Waals surface area contributed by atoms with E-state index < -0.39 is 5.97 Å². The summed E-state index contributed by atoms with van der Waals surface area (Å²) in [5.41, 5.74) is 3.63. The topological polar surface area (TPSA) is 71.3 Å². The van der Waals surface area contributed by atoms with E-state index >= 15 is 0 Å². The van der Waals surface area contributed by atoms with Crippen molar-refractivity contribution in [1.29, 1.82) is 0 Å². The normalized spacial score (nSPS) is 17.2. The van der Waals surface area contributed by atoms with Gasteiger partial charge in [0.2, 0.25) is 0 Å². The fourth-order valence-electron chi connectivity index (χ4n) is 2.64. The van der Waals surface area contributed by atoms with Crippen LogP contribution in [-0.2, 0) is 4.79 Å². The van der Waals surface area contributed by atoms with Crippen molar-refractivity contribution >= 4 is 11.9 Å². The first kappa shape index (κ1) is 13.4. The minimum atomic E-state index is -0.868. The summed E-state index contributed by atoms with van der Waals surface area (Å²) < 4.78 is 1.78. The molecule has 3 rings (SSSR count). The van der Waals surface area contributed by atoms with Gasteiger partial charge in [0.1, 0.15) is 5.69 Å². The Morgan fingerprint density at radius 3 is 2.71 bits per heavy atom. The zero-order valence-corrected chi connectivity index (χ0v) is 11.7. The zero-order chi connectivity index (χ0) is 15.0. The Balaban J connectivity index is 2.01. The Bertz CT molecular complexity index is 701. The second-order valence-electron chi connectivity index (χ2n) is 5.35. The Kier molecular flexibility index (Phi) is 3.25. The molecule has 21 heavy (non-hydrogen) atoms. The van der Waals surface area contributed by atoms with E-state index in [1.165, 1.54) is 5.56 Å². The first-order valence-corrected chi connectivity index (χ1v) is 6.83. The number of aryl methyl sites for hydroxylation is 1. The van der Waals surface area contributed by atoms with Gasteiger partial charge in [0.05, 0.1) is 12.5 Å². The maximum atomic E-state index is 11.9. The smallest absolute Gasteiger partial charge is 0.305 e. The lowest BCUT2D eigenvalue weighted by Crippen LogP contribution is -2.39. The van der Waals surface area contributed by atoms with Gasteiger partial charge in [-0.3, -0.25) is 9.59 Å². The standard InChI is InChI=1S/C16H16N2O3/c1-10-2-4-11(5-3-10)12-6-14-16(21)17-8-13(7-15(19)20)18(14)9-12/h2-6,9,13H,7-8H2,1H3,(H,17,21)(H,19,20). The molecule has 2 heterocycles. The highest BCUT2D eigenvalue weighted by Crippen LogP contribution is 2.28. The van der Waals surface area contributed by atoms with Crippen molar-refractivity contribution in [2.45, 2.75) is 19.4 Å². The third-order valence-corrected chi connectivity index (χ3v) is 3.77. The molecule has 1 atom stereocenters. The molecular weight excluding hydrogens is 268 g/mol. The van der Waals surface area contributed by atoms with Crippen LogP contribution < -0.4 is 5.32 Å². The summed E-state index contributed by atoms with van der Waals surface area (Å²) in [6.07, 6.45) is 1.86. The van der Waals surface area contributed by atoms with E-state index in [0.717, 1.165) is 11.1 Å². The molecule has 0 spiro atoms. The Morgan fingerprint density at radius 1 is 1.33 bits per heavy atom. The highest BCUT2D eigenvalue weighted by atomic mass is 16.4.